The number of nitrogens with zero attached hydrogens (tertiary/aromatic N) is 1. The summed E-state index contributed by atoms with van der Waals surface area (Å²) in [7, 11) is 1.44. The van der Waals surface area contributed by atoms with Crippen LogP contribution in [0.2, 0.25) is 5.02 Å². The van der Waals surface area contributed by atoms with Gasteiger partial charge in [-0.15, -0.1) is 0 Å². The lowest BCUT2D eigenvalue weighted by molar-refractivity contribution is -0.255. The van der Waals surface area contributed by atoms with Crippen LogP contribution in [0.15, 0.2) is 64.3 Å². The molecular formula is C20H14ClN2O6-. The molecule has 0 atom stereocenters. The number of aromatic carboxylic acids is 1. The number of hydrogen-bond donors (Lipinski definition) is 1. The molecule has 2 aromatic carbocycles. The largest absolute Gasteiger partial charge is 0.545 e. The van der Waals surface area contributed by atoms with Crippen LogP contribution < -0.4 is 20.0 Å². The first-order valence-electron chi connectivity index (χ1n) is 8.21. The van der Waals surface area contributed by atoms with E-state index in [1.54, 1.807) is 30.3 Å². The molecule has 1 heterocycles. The van der Waals surface area contributed by atoms with E-state index in [0.717, 1.165) is 0 Å². The number of rotatable bonds is 7. The summed E-state index contributed by atoms with van der Waals surface area (Å²) >= 11 is 5.80. The first kappa shape index (κ1) is 20.0. The fourth-order valence-electron chi connectivity index (χ4n) is 2.33. The Morgan fingerprint density at radius 3 is 2.69 bits per heavy atom. The van der Waals surface area contributed by atoms with E-state index in [1.807, 2.05) is 0 Å². The highest BCUT2D eigenvalue weighted by Gasteiger charge is 2.14. The van der Waals surface area contributed by atoms with Gasteiger partial charge in [-0.05, 0) is 54.1 Å². The third-order valence-electron chi connectivity index (χ3n) is 3.71. The Hall–Kier alpha value is -3.78. The summed E-state index contributed by atoms with van der Waals surface area (Å²) < 4.78 is 15.5. The van der Waals surface area contributed by atoms with Crippen molar-refractivity contribution in [2.24, 2.45) is 5.10 Å². The van der Waals surface area contributed by atoms with Crippen molar-refractivity contribution in [2.45, 2.75) is 0 Å². The zero-order chi connectivity index (χ0) is 20.8. The fraction of sp³-hybridized carbons (Fsp3) is 0.0500. The van der Waals surface area contributed by atoms with Gasteiger partial charge in [-0.2, -0.15) is 5.10 Å². The van der Waals surface area contributed by atoms with Crippen LogP contribution in [0.25, 0.3) is 0 Å². The van der Waals surface area contributed by atoms with E-state index in [9.17, 15) is 14.7 Å². The molecule has 29 heavy (non-hydrogen) atoms. The van der Waals surface area contributed by atoms with E-state index in [4.69, 9.17) is 25.5 Å². The Morgan fingerprint density at radius 2 is 2.00 bits per heavy atom. The molecule has 0 saturated heterocycles. The van der Waals surface area contributed by atoms with Crippen LogP contribution in [0, 0.1) is 0 Å². The Bertz CT molecular complexity index is 1060. The number of anilines is 1. The minimum atomic E-state index is -1.38. The number of ether oxygens (including phenoxy) is 2. The molecule has 0 aliphatic carbocycles. The topological polar surface area (TPSA) is 113 Å². The highest BCUT2D eigenvalue weighted by atomic mass is 35.5. The minimum absolute atomic E-state index is 0.0702. The quantitative estimate of drug-likeness (QED) is 0.274. The van der Waals surface area contributed by atoms with E-state index in [-0.39, 0.29) is 22.1 Å². The van der Waals surface area contributed by atoms with E-state index >= 15 is 0 Å². The molecule has 0 radical (unpaired) electrons. The monoisotopic (exact) mass is 413 g/mol. The lowest BCUT2D eigenvalue weighted by Crippen LogP contribution is -2.22. The van der Waals surface area contributed by atoms with Crippen molar-refractivity contribution in [3.05, 3.63) is 76.7 Å². The number of furan rings is 1. The predicted molar refractivity (Wildman–Crippen MR) is 104 cm³/mol. The number of benzene rings is 2. The Morgan fingerprint density at radius 1 is 1.17 bits per heavy atom. The SMILES string of the molecule is COc1cc(/C=N\Nc2ccc(Cl)c(C(=O)[O-])c2)ccc1OC(=O)c1ccco1. The number of carbonyl (C=O) groups is 2. The average molecular weight is 414 g/mol. The highest BCUT2D eigenvalue weighted by molar-refractivity contribution is 6.33. The molecular weight excluding hydrogens is 400 g/mol. The van der Waals surface area contributed by atoms with Crippen molar-refractivity contribution in [2.75, 3.05) is 12.5 Å². The Kier molecular flexibility index (Phi) is 6.16. The molecule has 8 nitrogen and oxygen atoms in total. The van der Waals surface area contributed by atoms with Crippen LogP contribution in [0.4, 0.5) is 5.69 Å². The number of esters is 1. The van der Waals surface area contributed by atoms with Gasteiger partial charge in [0, 0.05) is 10.6 Å². The molecule has 0 bridgehead atoms. The van der Waals surface area contributed by atoms with Crippen LogP contribution in [0.1, 0.15) is 26.5 Å². The summed E-state index contributed by atoms with van der Waals surface area (Å²) in [5, 5.41) is 15.1. The molecule has 9 heteroatoms. The van der Waals surface area contributed by atoms with Crippen LogP contribution >= 0.6 is 11.6 Å². The Labute approximate surface area is 170 Å². The van der Waals surface area contributed by atoms with Crippen LogP contribution in [0.5, 0.6) is 11.5 Å². The van der Waals surface area contributed by atoms with Crippen molar-refractivity contribution in [3.63, 3.8) is 0 Å². The summed E-state index contributed by atoms with van der Waals surface area (Å²) in [6.45, 7) is 0. The third kappa shape index (κ3) is 4.94. The molecule has 3 aromatic rings. The van der Waals surface area contributed by atoms with Crippen LogP contribution in [-0.4, -0.2) is 25.3 Å². The molecule has 3 rings (SSSR count). The van der Waals surface area contributed by atoms with Crippen molar-refractivity contribution in [1.82, 2.24) is 0 Å². The van der Waals surface area contributed by atoms with Gasteiger partial charge in [0.05, 0.1) is 31.2 Å². The van der Waals surface area contributed by atoms with E-state index < -0.39 is 11.9 Å². The zero-order valence-corrected chi connectivity index (χ0v) is 15.8. The van der Waals surface area contributed by atoms with Gasteiger partial charge in [0.25, 0.3) is 0 Å². The zero-order valence-electron chi connectivity index (χ0n) is 15.0. The molecule has 0 aliphatic heterocycles. The van der Waals surface area contributed by atoms with E-state index in [0.29, 0.717) is 17.0 Å². The number of carboxylic acids is 1. The maximum atomic E-state index is 12.0. The molecule has 0 saturated carbocycles. The smallest absolute Gasteiger partial charge is 0.379 e. The van der Waals surface area contributed by atoms with E-state index in [2.05, 4.69) is 10.5 Å². The predicted octanol–water partition coefficient (Wildman–Crippen LogP) is 2.97. The fourth-order valence-corrected chi connectivity index (χ4v) is 2.52. The lowest BCUT2D eigenvalue weighted by atomic mass is 10.2. The number of halogens is 1. The van der Waals surface area contributed by atoms with Gasteiger partial charge >= 0.3 is 5.97 Å². The summed E-state index contributed by atoms with van der Waals surface area (Å²) in [5.74, 6) is -1.43. The molecule has 148 valence electrons. The third-order valence-corrected chi connectivity index (χ3v) is 4.04. The van der Waals surface area contributed by atoms with Gasteiger partial charge in [0.15, 0.2) is 11.5 Å². The second kappa shape index (κ2) is 8.94. The molecule has 0 amide bonds. The number of nitrogens with one attached hydrogen (secondary N) is 1. The summed E-state index contributed by atoms with van der Waals surface area (Å²) in [6.07, 6.45) is 2.85. The maximum absolute atomic E-state index is 12.0. The van der Waals surface area contributed by atoms with Gasteiger partial charge in [-0.1, -0.05) is 11.6 Å². The number of methoxy groups -OCH3 is 1. The molecule has 0 fully saturated rings. The van der Waals surface area contributed by atoms with Crippen LogP contribution in [0.3, 0.4) is 0 Å². The Balaban J connectivity index is 1.71. The first-order valence-corrected chi connectivity index (χ1v) is 8.59. The van der Waals surface area contributed by atoms with Gasteiger partial charge in [-0.25, -0.2) is 4.79 Å². The molecule has 0 aliphatic rings. The summed E-state index contributed by atoms with van der Waals surface area (Å²) in [4.78, 5) is 23.0. The van der Waals surface area contributed by atoms with Crippen molar-refractivity contribution < 1.29 is 28.6 Å². The first-order chi connectivity index (χ1) is 14.0. The number of carbonyl (C=O) groups excluding carboxylic acids is 2. The maximum Gasteiger partial charge on any atom is 0.379 e. The number of hydrogen-bond acceptors (Lipinski definition) is 8. The van der Waals surface area contributed by atoms with Gasteiger partial charge in [0.2, 0.25) is 5.76 Å². The number of hydrazone groups is 1. The van der Waals surface area contributed by atoms with Crippen molar-refractivity contribution >= 4 is 35.4 Å². The molecule has 0 unspecified atom stereocenters. The van der Waals surface area contributed by atoms with Crippen LogP contribution in [-0.2, 0) is 0 Å². The highest BCUT2D eigenvalue weighted by Crippen LogP contribution is 2.28. The number of carboxylic acid groups (broad SMARTS) is 1. The minimum Gasteiger partial charge on any atom is -0.545 e. The second-order valence-corrected chi connectivity index (χ2v) is 6.04. The normalized spacial score (nSPS) is 10.7. The summed E-state index contributed by atoms with van der Waals surface area (Å²) in [6, 6.07) is 12.2. The molecule has 1 N–H and O–H groups in total. The van der Waals surface area contributed by atoms with Crippen molar-refractivity contribution in [1.29, 1.82) is 0 Å². The average Bonchev–Trinajstić information content (AvgIpc) is 3.25. The van der Waals surface area contributed by atoms with Gasteiger partial charge < -0.3 is 23.8 Å². The summed E-state index contributed by atoms with van der Waals surface area (Å²) in [5.41, 5.74) is 3.61. The molecule has 1 aromatic heterocycles. The van der Waals surface area contributed by atoms with Gasteiger partial charge in [0.1, 0.15) is 0 Å². The van der Waals surface area contributed by atoms with Gasteiger partial charge in [-0.3, -0.25) is 5.43 Å². The second-order valence-electron chi connectivity index (χ2n) is 5.63. The molecule has 0 spiro atoms. The standard InChI is InChI=1S/C20H15ClN2O6/c1-27-18-9-12(4-7-16(18)29-20(26)17-3-2-8-28-17)11-22-23-13-5-6-15(21)14(10-13)19(24)25/h2-11,23H,1H3,(H,24,25)/p-1/b22-11-. The van der Waals surface area contributed by atoms with E-state index in [1.165, 1.54) is 37.8 Å². The lowest BCUT2D eigenvalue weighted by Gasteiger charge is -2.09. The van der Waals surface area contributed by atoms with Crippen molar-refractivity contribution in [3.8, 4) is 11.5 Å².